The Morgan fingerprint density at radius 1 is 1.24 bits per heavy atom. The fourth-order valence-corrected chi connectivity index (χ4v) is 3.18. The van der Waals surface area contributed by atoms with Crippen LogP contribution in [0.5, 0.6) is 11.8 Å². The first-order valence-electron chi connectivity index (χ1n) is 5.99. The maximum Gasteiger partial charge on any atom is 0.247 e. The summed E-state index contributed by atoms with van der Waals surface area (Å²) in [4.78, 5) is 19.0. The van der Waals surface area contributed by atoms with Crippen molar-refractivity contribution in [1.82, 2.24) is 9.97 Å². The van der Waals surface area contributed by atoms with Crippen LogP contribution in [-0.4, -0.2) is 43.8 Å². The average Bonchev–Trinajstić information content (AvgIpc) is 2.35. The van der Waals surface area contributed by atoms with Crippen molar-refractivity contribution in [1.29, 1.82) is 0 Å². The summed E-state index contributed by atoms with van der Waals surface area (Å²) in [5, 5.41) is -1.40. The van der Waals surface area contributed by atoms with Gasteiger partial charge in [-0.3, -0.25) is 9.52 Å². The van der Waals surface area contributed by atoms with E-state index in [0.29, 0.717) is 0 Å². The highest BCUT2D eigenvalue weighted by atomic mass is 32.2. The number of nitrogens with one attached hydrogen (secondary N) is 1. The maximum absolute atomic E-state index is 12.2. The lowest BCUT2D eigenvalue weighted by Crippen LogP contribution is -2.43. The number of aromatic nitrogens is 2. The first kappa shape index (κ1) is 17.0. The molecule has 0 fully saturated rings. The van der Waals surface area contributed by atoms with Crippen LogP contribution in [0.25, 0.3) is 0 Å². The van der Waals surface area contributed by atoms with E-state index in [1.54, 1.807) is 13.8 Å². The molecule has 0 saturated carbocycles. The molecule has 118 valence electrons. The van der Waals surface area contributed by atoms with Crippen LogP contribution < -0.4 is 19.9 Å². The van der Waals surface area contributed by atoms with Crippen LogP contribution in [0.1, 0.15) is 13.8 Å². The molecule has 0 radical (unpaired) electrons. The van der Waals surface area contributed by atoms with Crippen LogP contribution in [0.3, 0.4) is 0 Å². The minimum Gasteiger partial charge on any atom is -0.481 e. The Labute approximate surface area is 122 Å². The van der Waals surface area contributed by atoms with Gasteiger partial charge in [0.15, 0.2) is 5.25 Å². The van der Waals surface area contributed by atoms with Crippen molar-refractivity contribution in [2.75, 3.05) is 18.9 Å². The van der Waals surface area contributed by atoms with E-state index in [2.05, 4.69) is 14.7 Å². The van der Waals surface area contributed by atoms with E-state index in [1.165, 1.54) is 20.3 Å². The molecule has 3 N–H and O–H groups in total. The number of amides is 1. The Bertz CT molecular complexity index is 595. The Balaban J connectivity index is 3.16. The summed E-state index contributed by atoms with van der Waals surface area (Å²) < 4.78 is 36.4. The number of anilines is 1. The van der Waals surface area contributed by atoms with Crippen LogP contribution in [0.15, 0.2) is 6.07 Å². The summed E-state index contributed by atoms with van der Waals surface area (Å²) in [5.74, 6) is -1.50. The largest absolute Gasteiger partial charge is 0.481 e. The predicted octanol–water partition coefficient (Wildman–Crippen LogP) is -0.255. The highest BCUT2D eigenvalue weighted by Gasteiger charge is 2.34. The van der Waals surface area contributed by atoms with Gasteiger partial charge in [0.2, 0.25) is 33.6 Å². The van der Waals surface area contributed by atoms with Gasteiger partial charge in [0.05, 0.1) is 20.3 Å². The van der Waals surface area contributed by atoms with Gasteiger partial charge >= 0.3 is 0 Å². The summed E-state index contributed by atoms with van der Waals surface area (Å²) >= 11 is 0. The van der Waals surface area contributed by atoms with Gasteiger partial charge in [0.25, 0.3) is 0 Å². The molecule has 0 spiro atoms. The zero-order valence-corrected chi connectivity index (χ0v) is 13.0. The first-order valence-corrected chi connectivity index (χ1v) is 7.54. The topological polar surface area (TPSA) is 134 Å². The highest BCUT2D eigenvalue weighted by Crippen LogP contribution is 2.20. The number of hydrogen-bond donors (Lipinski definition) is 2. The van der Waals surface area contributed by atoms with Crippen molar-refractivity contribution in [2.24, 2.45) is 11.7 Å². The number of primary amides is 1. The Hall–Kier alpha value is -2.10. The van der Waals surface area contributed by atoms with Gasteiger partial charge in [0.1, 0.15) is 0 Å². The van der Waals surface area contributed by atoms with Crippen molar-refractivity contribution >= 4 is 21.9 Å². The van der Waals surface area contributed by atoms with Crippen molar-refractivity contribution in [2.45, 2.75) is 19.1 Å². The van der Waals surface area contributed by atoms with E-state index in [-0.39, 0.29) is 17.7 Å². The lowest BCUT2D eigenvalue weighted by atomic mass is 10.1. The smallest absolute Gasteiger partial charge is 0.247 e. The number of rotatable bonds is 7. The van der Waals surface area contributed by atoms with E-state index >= 15 is 0 Å². The molecule has 1 atom stereocenters. The van der Waals surface area contributed by atoms with E-state index in [4.69, 9.17) is 15.2 Å². The molecule has 0 saturated heterocycles. The Morgan fingerprint density at radius 2 is 1.71 bits per heavy atom. The van der Waals surface area contributed by atoms with Crippen molar-refractivity contribution in [3.8, 4) is 11.8 Å². The van der Waals surface area contributed by atoms with Gasteiger partial charge in [-0.15, -0.1) is 0 Å². The van der Waals surface area contributed by atoms with Crippen molar-refractivity contribution in [3.05, 3.63) is 6.07 Å². The molecule has 1 aromatic rings. The SMILES string of the molecule is COc1cc(OC)nc(NS(=O)(=O)C(C(N)=O)C(C)C)n1. The number of sulfonamides is 1. The quantitative estimate of drug-likeness (QED) is 0.707. The second-order valence-corrected chi connectivity index (χ2v) is 6.29. The summed E-state index contributed by atoms with van der Waals surface area (Å²) in [6.07, 6.45) is 0. The molecular formula is C11H18N4O5S. The molecule has 1 heterocycles. The molecule has 0 aliphatic heterocycles. The minimum absolute atomic E-state index is 0.111. The number of methoxy groups -OCH3 is 2. The summed E-state index contributed by atoms with van der Waals surface area (Å²) in [7, 11) is -1.36. The number of nitrogens with zero attached hydrogens (tertiary/aromatic N) is 2. The monoisotopic (exact) mass is 318 g/mol. The summed E-state index contributed by atoms with van der Waals surface area (Å²) in [6, 6.07) is 1.38. The molecular weight excluding hydrogens is 300 g/mol. The lowest BCUT2D eigenvalue weighted by Gasteiger charge is -2.18. The Kier molecular flexibility index (Phi) is 5.30. The van der Waals surface area contributed by atoms with Crippen LogP contribution in [0, 0.1) is 5.92 Å². The number of carbonyl (C=O) groups excluding carboxylic acids is 1. The second kappa shape index (κ2) is 6.57. The normalized spacial score (nSPS) is 12.8. The number of nitrogens with two attached hydrogens (primary N) is 1. The summed E-state index contributed by atoms with van der Waals surface area (Å²) in [6.45, 7) is 3.14. The van der Waals surface area contributed by atoms with E-state index in [1.807, 2.05) is 0 Å². The molecule has 0 aliphatic carbocycles. The van der Waals surface area contributed by atoms with Gasteiger partial charge in [0, 0.05) is 0 Å². The minimum atomic E-state index is -4.08. The molecule has 1 unspecified atom stereocenters. The first-order chi connectivity index (χ1) is 9.71. The van der Waals surface area contributed by atoms with Gasteiger partial charge < -0.3 is 15.2 Å². The third-order valence-corrected chi connectivity index (χ3v) is 4.46. The molecule has 1 amide bonds. The molecule has 0 aromatic carbocycles. The predicted molar refractivity (Wildman–Crippen MR) is 75.5 cm³/mol. The van der Waals surface area contributed by atoms with Crippen LogP contribution >= 0.6 is 0 Å². The van der Waals surface area contributed by atoms with Gasteiger partial charge in [-0.05, 0) is 5.92 Å². The van der Waals surface area contributed by atoms with Gasteiger partial charge in [-0.2, -0.15) is 9.97 Å². The second-order valence-electron chi connectivity index (χ2n) is 4.49. The molecule has 9 nitrogen and oxygen atoms in total. The van der Waals surface area contributed by atoms with Crippen molar-refractivity contribution < 1.29 is 22.7 Å². The molecule has 1 aromatic heterocycles. The maximum atomic E-state index is 12.2. The summed E-state index contributed by atoms with van der Waals surface area (Å²) in [5.41, 5.74) is 5.14. The number of hydrogen-bond acceptors (Lipinski definition) is 7. The molecule has 21 heavy (non-hydrogen) atoms. The Morgan fingerprint density at radius 3 is 2.05 bits per heavy atom. The highest BCUT2D eigenvalue weighted by molar-refractivity contribution is 7.94. The fourth-order valence-electron chi connectivity index (χ4n) is 1.69. The van der Waals surface area contributed by atoms with Gasteiger partial charge in [-0.1, -0.05) is 13.8 Å². The molecule has 1 rings (SSSR count). The van der Waals surface area contributed by atoms with Crippen LogP contribution in [0.2, 0.25) is 0 Å². The molecule has 0 bridgehead atoms. The van der Waals surface area contributed by atoms with Crippen LogP contribution in [-0.2, 0) is 14.8 Å². The lowest BCUT2D eigenvalue weighted by molar-refractivity contribution is -0.118. The standard InChI is InChI=1S/C11H18N4O5S/c1-6(2)9(10(12)16)21(17,18)15-11-13-7(19-3)5-8(14-11)20-4/h5-6,9H,1-4H3,(H2,12,16)(H,13,14,15). The third kappa shape index (κ3) is 4.18. The molecule has 10 heteroatoms. The van der Waals surface area contributed by atoms with E-state index in [0.717, 1.165) is 0 Å². The van der Waals surface area contributed by atoms with Crippen LogP contribution in [0.4, 0.5) is 5.95 Å². The zero-order chi connectivity index (χ0) is 16.2. The number of carbonyl (C=O) groups is 1. The van der Waals surface area contributed by atoms with Gasteiger partial charge in [-0.25, -0.2) is 8.42 Å². The fraction of sp³-hybridized carbons (Fsp3) is 0.545. The van der Waals surface area contributed by atoms with E-state index in [9.17, 15) is 13.2 Å². The zero-order valence-electron chi connectivity index (χ0n) is 12.2. The molecule has 0 aliphatic rings. The third-order valence-electron chi connectivity index (χ3n) is 2.55. The average molecular weight is 318 g/mol. The van der Waals surface area contributed by atoms with E-state index < -0.39 is 27.1 Å². The number of ether oxygens (including phenoxy) is 2. The van der Waals surface area contributed by atoms with Crippen molar-refractivity contribution in [3.63, 3.8) is 0 Å².